The Labute approximate surface area is 157 Å². The van der Waals surface area contributed by atoms with Crippen molar-refractivity contribution < 1.29 is 19.4 Å². The second-order valence-corrected chi connectivity index (χ2v) is 6.19. The van der Waals surface area contributed by atoms with Crippen LogP contribution < -0.4 is 9.47 Å². The lowest BCUT2D eigenvalue weighted by Gasteiger charge is -2.17. The summed E-state index contributed by atoms with van der Waals surface area (Å²) in [4.78, 5) is 15.0. The van der Waals surface area contributed by atoms with Crippen molar-refractivity contribution >= 4 is 33.5 Å². The zero-order chi connectivity index (χ0) is 19.1. The maximum Gasteiger partial charge on any atom is 0.286 e. The summed E-state index contributed by atoms with van der Waals surface area (Å²) in [6.45, 7) is 0.790. The molecule has 10 heteroatoms. The summed E-state index contributed by atoms with van der Waals surface area (Å²) in [6.07, 6.45) is 0. The first kappa shape index (κ1) is 16.2. The Morgan fingerprint density at radius 1 is 1.21 bits per heavy atom. The molecule has 1 aliphatic heterocycles. The molecule has 0 radical (unpaired) electrons. The first-order valence-electron chi connectivity index (χ1n) is 8.56. The third kappa shape index (κ3) is 2.71. The van der Waals surface area contributed by atoms with Crippen molar-refractivity contribution in [3.63, 3.8) is 0 Å². The summed E-state index contributed by atoms with van der Waals surface area (Å²) in [5, 5.41) is 26.3. The Bertz CT molecular complexity index is 1240. The predicted octanol–water partition coefficient (Wildman–Crippen LogP) is 2.70. The number of hydrogen-bond acceptors (Lipinski definition) is 7. The maximum absolute atomic E-state index is 12.2. The Hall–Kier alpha value is -3.95. The molecule has 10 nitrogen and oxygen atoms in total. The zero-order valence-electron chi connectivity index (χ0n) is 14.5. The number of hydrogen-bond donors (Lipinski definition) is 2. The Morgan fingerprint density at radius 3 is 2.86 bits per heavy atom. The standard InChI is InChI=1S/C18H14N6O4/c25-16(9-24-13-4-2-1-3-11(13)20-23-24)21-22-17-10-7-14-15(28-6-5-27-14)8-12(10)19-18(17)26/h1-4,7-8,19,26H,5-6,9H2. The van der Waals surface area contributed by atoms with E-state index in [1.54, 1.807) is 18.2 Å². The molecule has 4 aromatic rings. The molecule has 0 spiro atoms. The van der Waals surface area contributed by atoms with Gasteiger partial charge in [-0.1, -0.05) is 17.3 Å². The number of rotatable bonds is 3. The van der Waals surface area contributed by atoms with Crippen molar-refractivity contribution in [3.8, 4) is 17.4 Å². The van der Waals surface area contributed by atoms with Crippen LogP contribution in [0.1, 0.15) is 0 Å². The average molecular weight is 378 g/mol. The number of aromatic amines is 1. The third-order valence-corrected chi connectivity index (χ3v) is 4.38. The van der Waals surface area contributed by atoms with Crippen LogP contribution in [-0.4, -0.2) is 44.2 Å². The summed E-state index contributed by atoms with van der Waals surface area (Å²) in [5.74, 6) is 0.411. The molecule has 0 saturated heterocycles. The fraction of sp³-hybridized carbons (Fsp3) is 0.167. The minimum Gasteiger partial charge on any atom is -0.493 e. The molecule has 0 atom stereocenters. The zero-order valence-corrected chi connectivity index (χ0v) is 14.5. The Balaban J connectivity index is 1.43. The number of para-hydroxylation sites is 1. The highest BCUT2D eigenvalue weighted by atomic mass is 16.6. The van der Waals surface area contributed by atoms with Gasteiger partial charge in [-0.2, -0.15) is 0 Å². The van der Waals surface area contributed by atoms with E-state index in [0.717, 1.165) is 5.52 Å². The first-order valence-corrected chi connectivity index (χ1v) is 8.56. The van der Waals surface area contributed by atoms with Gasteiger partial charge in [-0.15, -0.1) is 15.3 Å². The van der Waals surface area contributed by atoms with Gasteiger partial charge >= 0.3 is 0 Å². The average Bonchev–Trinajstić information content (AvgIpc) is 3.24. The third-order valence-electron chi connectivity index (χ3n) is 4.38. The first-order chi connectivity index (χ1) is 13.7. The predicted molar refractivity (Wildman–Crippen MR) is 98.0 cm³/mol. The molecule has 3 heterocycles. The van der Waals surface area contributed by atoms with Crippen molar-refractivity contribution in [3.05, 3.63) is 36.4 Å². The van der Waals surface area contributed by atoms with Crippen molar-refractivity contribution in [1.29, 1.82) is 0 Å². The minimum atomic E-state index is -0.526. The number of benzene rings is 2. The molecule has 28 heavy (non-hydrogen) atoms. The fourth-order valence-electron chi connectivity index (χ4n) is 3.10. The second kappa shape index (κ2) is 6.34. The van der Waals surface area contributed by atoms with E-state index < -0.39 is 5.91 Å². The number of nitrogens with one attached hydrogen (secondary N) is 1. The van der Waals surface area contributed by atoms with Crippen LogP contribution in [0, 0.1) is 0 Å². The topological polar surface area (TPSA) is 127 Å². The Morgan fingerprint density at radius 2 is 2.00 bits per heavy atom. The molecule has 2 aromatic heterocycles. The van der Waals surface area contributed by atoms with Crippen LogP contribution in [-0.2, 0) is 11.3 Å². The molecule has 0 fully saturated rings. The van der Waals surface area contributed by atoms with Gasteiger partial charge in [0.05, 0.1) is 11.0 Å². The largest absolute Gasteiger partial charge is 0.493 e. The van der Waals surface area contributed by atoms with Crippen LogP contribution in [0.3, 0.4) is 0 Å². The molecule has 0 unspecified atom stereocenters. The van der Waals surface area contributed by atoms with E-state index in [2.05, 4.69) is 25.5 Å². The van der Waals surface area contributed by atoms with E-state index in [1.165, 1.54) is 4.68 Å². The molecule has 0 saturated carbocycles. The van der Waals surface area contributed by atoms with E-state index in [0.29, 0.717) is 41.1 Å². The van der Waals surface area contributed by atoms with Gasteiger partial charge in [-0.25, -0.2) is 4.68 Å². The number of azo groups is 1. The summed E-state index contributed by atoms with van der Waals surface area (Å²) in [5.41, 5.74) is 2.17. The highest BCUT2D eigenvalue weighted by molar-refractivity contribution is 5.96. The van der Waals surface area contributed by atoms with Crippen LogP contribution in [0.2, 0.25) is 0 Å². The van der Waals surface area contributed by atoms with Gasteiger partial charge < -0.3 is 19.6 Å². The van der Waals surface area contributed by atoms with Crippen molar-refractivity contribution in [1.82, 2.24) is 20.0 Å². The normalized spacial score (nSPS) is 13.6. The molecule has 0 bridgehead atoms. The number of ether oxygens (including phenoxy) is 2. The van der Waals surface area contributed by atoms with Gasteiger partial charge in [0, 0.05) is 11.5 Å². The number of aromatic nitrogens is 4. The second-order valence-electron chi connectivity index (χ2n) is 6.19. The summed E-state index contributed by atoms with van der Waals surface area (Å²) >= 11 is 0. The number of fused-ring (bicyclic) bond motifs is 3. The van der Waals surface area contributed by atoms with Crippen molar-refractivity contribution in [2.75, 3.05) is 13.2 Å². The SMILES string of the molecule is O=C(Cn1nnc2ccccc21)N=Nc1c(O)[nH]c2cc3c(cc12)OCCO3. The van der Waals surface area contributed by atoms with Gasteiger partial charge in [-0.3, -0.25) is 4.79 Å². The van der Waals surface area contributed by atoms with E-state index in [9.17, 15) is 9.90 Å². The van der Waals surface area contributed by atoms with Crippen LogP contribution in [0.25, 0.3) is 21.9 Å². The van der Waals surface area contributed by atoms with Gasteiger partial charge in [0.1, 0.15) is 25.3 Å². The van der Waals surface area contributed by atoms with E-state index in [-0.39, 0.29) is 18.1 Å². The number of aromatic hydroxyl groups is 1. The highest BCUT2D eigenvalue weighted by Gasteiger charge is 2.18. The van der Waals surface area contributed by atoms with Crippen molar-refractivity contribution in [2.24, 2.45) is 10.2 Å². The van der Waals surface area contributed by atoms with Crippen LogP contribution in [0.5, 0.6) is 17.4 Å². The van der Waals surface area contributed by atoms with Crippen molar-refractivity contribution in [2.45, 2.75) is 6.54 Å². The minimum absolute atomic E-state index is 0.112. The van der Waals surface area contributed by atoms with Crippen LogP contribution in [0.15, 0.2) is 46.6 Å². The quantitative estimate of drug-likeness (QED) is 0.528. The van der Waals surface area contributed by atoms with Gasteiger partial charge in [0.25, 0.3) is 5.91 Å². The summed E-state index contributed by atoms with van der Waals surface area (Å²) in [6, 6.07) is 10.7. The number of H-pyrrole nitrogens is 1. The van der Waals surface area contributed by atoms with Crippen LogP contribution in [0.4, 0.5) is 5.69 Å². The molecular formula is C18H14N6O4. The highest BCUT2D eigenvalue weighted by Crippen LogP contribution is 2.42. The number of nitrogens with zero attached hydrogens (tertiary/aromatic N) is 5. The molecule has 140 valence electrons. The summed E-state index contributed by atoms with van der Waals surface area (Å²) < 4.78 is 12.5. The molecular weight excluding hydrogens is 364 g/mol. The molecule has 2 N–H and O–H groups in total. The van der Waals surface area contributed by atoms with E-state index in [4.69, 9.17) is 9.47 Å². The number of carbonyl (C=O) groups is 1. The van der Waals surface area contributed by atoms with Gasteiger partial charge in [0.2, 0.25) is 5.88 Å². The van der Waals surface area contributed by atoms with E-state index >= 15 is 0 Å². The Kier molecular flexibility index (Phi) is 3.68. The maximum atomic E-state index is 12.2. The molecule has 0 aliphatic carbocycles. The molecule has 2 aromatic carbocycles. The number of carbonyl (C=O) groups excluding carboxylic acids is 1. The smallest absolute Gasteiger partial charge is 0.286 e. The number of amides is 1. The molecule has 5 rings (SSSR count). The lowest BCUT2D eigenvalue weighted by atomic mass is 10.2. The van der Waals surface area contributed by atoms with Gasteiger partial charge in [0.15, 0.2) is 17.2 Å². The molecule has 1 aliphatic rings. The van der Waals surface area contributed by atoms with Crippen LogP contribution >= 0.6 is 0 Å². The van der Waals surface area contributed by atoms with E-state index in [1.807, 2.05) is 18.2 Å². The monoisotopic (exact) mass is 378 g/mol. The fourth-order valence-corrected chi connectivity index (χ4v) is 3.10. The van der Waals surface area contributed by atoms with Gasteiger partial charge in [-0.05, 0) is 18.2 Å². The molecule has 1 amide bonds. The lowest BCUT2D eigenvalue weighted by Crippen LogP contribution is -2.15. The lowest BCUT2D eigenvalue weighted by molar-refractivity contribution is -0.119. The summed E-state index contributed by atoms with van der Waals surface area (Å²) in [7, 11) is 0.